The van der Waals surface area contributed by atoms with Crippen LogP contribution in [0.15, 0.2) is 54.6 Å². The number of amides is 2. The molecule has 6 heteroatoms. The van der Waals surface area contributed by atoms with Crippen molar-refractivity contribution in [3.63, 3.8) is 0 Å². The van der Waals surface area contributed by atoms with E-state index in [0.717, 1.165) is 16.7 Å². The number of benzene rings is 2. The number of hydrogen-bond donors (Lipinski definition) is 0. The van der Waals surface area contributed by atoms with Gasteiger partial charge in [0.2, 0.25) is 0 Å². The summed E-state index contributed by atoms with van der Waals surface area (Å²) in [7, 11) is 1.33. The van der Waals surface area contributed by atoms with Crippen molar-refractivity contribution in [2.45, 2.75) is 18.7 Å². The zero-order valence-electron chi connectivity index (χ0n) is 13.8. The number of carbonyl (C=O) groups is 2. The van der Waals surface area contributed by atoms with E-state index in [1.807, 2.05) is 54.6 Å². The molecule has 0 N–H and O–H groups in total. The third-order valence-corrected chi connectivity index (χ3v) is 4.69. The van der Waals surface area contributed by atoms with Gasteiger partial charge in [-0.2, -0.15) is 5.06 Å². The van der Waals surface area contributed by atoms with Crippen LogP contribution in [0.1, 0.15) is 28.8 Å². The zero-order chi connectivity index (χ0) is 17.4. The van der Waals surface area contributed by atoms with E-state index in [2.05, 4.69) is 0 Å². The van der Waals surface area contributed by atoms with Crippen molar-refractivity contribution in [3.8, 4) is 0 Å². The van der Waals surface area contributed by atoms with E-state index in [1.54, 1.807) is 0 Å². The van der Waals surface area contributed by atoms with Crippen LogP contribution in [0.25, 0.3) is 0 Å². The lowest BCUT2D eigenvalue weighted by Crippen LogP contribution is -2.39. The molecule has 4 rings (SSSR count). The van der Waals surface area contributed by atoms with Crippen molar-refractivity contribution >= 4 is 12.0 Å². The first-order valence-corrected chi connectivity index (χ1v) is 8.14. The van der Waals surface area contributed by atoms with Crippen molar-refractivity contribution in [2.75, 3.05) is 13.7 Å². The molecule has 0 aliphatic carbocycles. The quantitative estimate of drug-likeness (QED) is 0.805. The van der Waals surface area contributed by atoms with Crippen LogP contribution in [0, 0.1) is 0 Å². The summed E-state index contributed by atoms with van der Waals surface area (Å²) in [5.41, 5.74) is 2.70. The maximum Gasteiger partial charge on any atom is 0.345 e. The second-order valence-electron chi connectivity index (χ2n) is 6.09. The van der Waals surface area contributed by atoms with Gasteiger partial charge < -0.3 is 9.64 Å². The highest BCUT2D eigenvalue weighted by Crippen LogP contribution is 2.44. The van der Waals surface area contributed by atoms with Crippen LogP contribution < -0.4 is 0 Å². The Morgan fingerprint density at radius 1 is 1.08 bits per heavy atom. The van der Waals surface area contributed by atoms with Crippen molar-refractivity contribution in [1.82, 2.24) is 9.96 Å². The molecule has 0 saturated carbocycles. The Morgan fingerprint density at radius 2 is 1.76 bits per heavy atom. The predicted octanol–water partition coefficient (Wildman–Crippen LogP) is 2.82. The van der Waals surface area contributed by atoms with Crippen molar-refractivity contribution in [2.24, 2.45) is 0 Å². The molecular weight excluding hydrogens is 320 g/mol. The largest absolute Gasteiger partial charge is 0.467 e. The number of carbonyl (C=O) groups excluding carboxylic acids is 2. The summed E-state index contributed by atoms with van der Waals surface area (Å²) < 4.78 is 4.92. The van der Waals surface area contributed by atoms with Gasteiger partial charge in [-0.15, -0.1) is 0 Å². The molecule has 0 aromatic heterocycles. The number of fused-ring (bicyclic) bond motifs is 4. The molecule has 1 saturated heterocycles. The average Bonchev–Trinajstić information content (AvgIpc) is 2.93. The molecule has 6 nitrogen and oxygen atoms in total. The summed E-state index contributed by atoms with van der Waals surface area (Å²) >= 11 is 0. The Morgan fingerprint density at radius 3 is 2.48 bits per heavy atom. The molecule has 2 heterocycles. The molecule has 1 fully saturated rings. The van der Waals surface area contributed by atoms with Gasteiger partial charge in [-0.3, -0.25) is 4.84 Å². The number of ether oxygens (including phenoxy) is 1. The summed E-state index contributed by atoms with van der Waals surface area (Å²) in [6.45, 7) is 0.701. The van der Waals surface area contributed by atoms with Crippen LogP contribution in [0.2, 0.25) is 0 Å². The first-order valence-electron chi connectivity index (χ1n) is 8.14. The van der Waals surface area contributed by atoms with Crippen molar-refractivity contribution in [3.05, 3.63) is 71.3 Å². The SMILES string of the molecule is COC(=O)[C@H]1c2ccccc2[C@H]2CN1C(=O)N2OCc1ccccc1. The molecule has 0 spiro atoms. The number of hydroxylamine groups is 2. The minimum atomic E-state index is -0.727. The van der Waals surface area contributed by atoms with Crippen LogP contribution in [-0.2, 0) is 21.0 Å². The van der Waals surface area contributed by atoms with Crippen molar-refractivity contribution in [1.29, 1.82) is 0 Å². The van der Waals surface area contributed by atoms with Crippen LogP contribution >= 0.6 is 0 Å². The van der Waals surface area contributed by atoms with E-state index in [-0.39, 0.29) is 12.1 Å². The van der Waals surface area contributed by atoms with Gasteiger partial charge >= 0.3 is 12.0 Å². The number of rotatable bonds is 4. The number of esters is 1. The monoisotopic (exact) mass is 338 g/mol. The molecule has 2 atom stereocenters. The van der Waals surface area contributed by atoms with Gasteiger partial charge in [-0.25, -0.2) is 9.59 Å². The van der Waals surface area contributed by atoms with E-state index in [9.17, 15) is 9.59 Å². The third kappa shape index (κ3) is 2.55. The highest BCUT2D eigenvalue weighted by atomic mass is 16.7. The molecule has 2 aliphatic rings. The second-order valence-corrected chi connectivity index (χ2v) is 6.09. The van der Waals surface area contributed by atoms with Crippen LogP contribution in [-0.4, -0.2) is 35.6 Å². The first-order chi connectivity index (χ1) is 12.2. The predicted molar refractivity (Wildman–Crippen MR) is 89.1 cm³/mol. The molecule has 25 heavy (non-hydrogen) atoms. The Balaban J connectivity index is 1.65. The van der Waals surface area contributed by atoms with Gasteiger partial charge in [0.1, 0.15) is 12.6 Å². The van der Waals surface area contributed by atoms with Gasteiger partial charge in [0, 0.05) is 0 Å². The lowest BCUT2D eigenvalue weighted by Gasteiger charge is -2.30. The van der Waals surface area contributed by atoms with Crippen LogP contribution in [0.3, 0.4) is 0 Å². The summed E-state index contributed by atoms with van der Waals surface area (Å²) in [4.78, 5) is 32.4. The number of nitrogens with zero attached hydrogens (tertiary/aromatic N) is 2. The lowest BCUT2D eigenvalue weighted by atomic mass is 9.91. The minimum Gasteiger partial charge on any atom is -0.467 e. The molecule has 2 aliphatic heterocycles. The highest BCUT2D eigenvalue weighted by molar-refractivity contribution is 5.88. The fraction of sp³-hybridized carbons (Fsp3) is 0.263. The van der Waals surface area contributed by atoms with Gasteiger partial charge in [-0.1, -0.05) is 54.6 Å². The molecule has 2 bridgehead atoms. The standard InChI is InChI=1S/C19H18N2O4/c1-24-18(22)17-15-10-6-5-9-14(15)16-11-20(17)19(23)21(16)25-12-13-7-3-2-4-8-13/h2-10,16-17H,11-12H2,1H3/t16-,17-/m1/s1. The van der Waals surface area contributed by atoms with E-state index in [0.29, 0.717) is 13.2 Å². The van der Waals surface area contributed by atoms with Gasteiger partial charge in [-0.05, 0) is 16.7 Å². The molecule has 0 unspecified atom stereocenters. The Kier molecular flexibility index (Phi) is 3.89. The smallest absolute Gasteiger partial charge is 0.345 e. The highest BCUT2D eigenvalue weighted by Gasteiger charge is 2.51. The Bertz CT molecular complexity index is 808. The first kappa shape index (κ1) is 15.7. The Labute approximate surface area is 145 Å². The summed E-state index contributed by atoms with van der Waals surface area (Å²) in [5.74, 6) is -0.441. The molecule has 2 aromatic carbocycles. The van der Waals surface area contributed by atoms with E-state index in [4.69, 9.17) is 9.57 Å². The number of urea groups is 1. The molecule has 2 aromatic rings. The fourth-order valence-electron chi connectivity index (χ4n) is 3.50. The van der Waals surface area contributed by atoms with E-state index in [1.165, 1.54) is 17.1 Å². The van der Waals surface area contributed by atoms with Crippen LogP contribution in [0.5, 0.6) is 0 Å². The molecular formula is C19H18N2O4. The van der Waals surface area contributed by atoms with Gasteiger partial charge in [0.15, 0.2) is 6.04 Å². The zero-order valence-corrected chi connectivity index (χ0v) is 13.8. The summed E-state index contributed by atoms with van der Waals surface area (Å²) in [5, 5.41) is 1.38. The number of hydrogen-bond acceptors (Lipinski definition) is 4. The Hall–Kier alpha value is -2.86. The molecule has 128 valence electrons. The van der Waals surface area contributed by atoms with Gasteiger partial charge in [0.25, 0.3) is 0 Å². The normalized spacial score (nSPS) is 21.2. The van der Waals surface area contributed by atoms with E-state index < -0.39 is 12.0 Å². The fourth-order valence-corrected chi connectivity index (χ4v) is 3.50. The summed E-state index contributed by atoms with van der Waals surface area (Å²) in [6.07, 6.45) is 0. The van der Waals surface area contributed by atoms with Crippen molar-refractivity contribution < 1.29 is 19.2 Å². The van der Waals surface area contributed by atoms with Crippen LogP contribution in [0.4, 0.5) is 4.79 Å². The van der Waals surface area contributed by atoms with E-state index >= 15 is 0 Å². The molecule has 2 amide bonds. The topological polar surface area (TPSA) is 59.1 Å². The summed E-state index contributed by atoms with van der Waals surface area (Å²) in [6, 6.07) is 16.0. The lowest BCUT2D eigenvalue weighted by molar-refractivity contribution is -0.146. The van der Waals surface area contributed by atoms with Gasteiger partial charge in [0.05, 0.1) is 13.7 Å². The maximum absolute atomic E-state index is 12.8. The maximum atomic E-state index is 12.8. The second kappa shape index (κ2) is 6.22. The minimum absolute atomic E-state index is 0.228. The number of methoxy groups -OCH3 is 1. The molecule has 0 radical (unpaired) electrons. The third-order valence-electron chi connectivity index (χ3n) is 4.69. The average molecular weight is 338 g/mol.